The predicted octanol–water partition coefficient (Wildman–Crippen LogP) is 4.24. The van der Waals surface area contributed by atoms with Crippen LogP contribution < -0.4 is 0 Å². The quantitative estimate of drug-likeness (QED) is 0.665. The van der Waals surface area contributed by atoms with Crippen LogP contribution in [0.15, 0.2) is 48.5 Å². The molecule has 0 bridgehead atoms. The first-order valence-electron chi connectivity index (χ1n) is 8.26. The van der Waals surface area contributed by atoms with E-state index in [0.717, 1.165) is 5.69 Å². The SMILES string of the molecule is CCc1c(C(=O)O)c(-c2ccc(C(=O)OC)cc2)nn1-c1ccc(Cl)cc1. The van der Waals surface area contributed by atoms with Crippen molar-refractivity contribution in [2.75, 3.05) is 7.11 Å². The Morgan fingerprint density at radius 2 is 1.74 bits per heavy atom. The van der Waals surface area contributed by atoms with Gasteiger partial charge in [0.15, 0.2) is 0 Å². The minimum atomic E-state index is -1.06. The molecule has 0 atom stereocenters. The van der Waals surface area contributed by atoms with E-state index in [1.165, 1.54) is 7.11 Å². The molecule has 0 aliphatic carbocycles. The van der Waals surface area contributed by atoms with E-state index in [1.807, 2.05) is 6.92 Å². The molecule has 0 spiro atoms. The van der Waals surface area contributed by atoms with Crippen LogP contribution in [0.2, 0.25) is 5.02 Å². The maximum atomic E-state index is 11.9. The average molecular weight is 385 g/mol. The largest absolute Gasteiger partial charge is 0.478 e. The third kappa shape index (κ3) is 3.57. The Labute approximate surface area is 161 Å². The monoisotopic (exact) mass is 384 g/mol. The van der Waals surface area contributed by atoms with Crippen molar-refractivity contribution in [2.45, 2.75) is 13.3 Å². The highest BCUT2D eigenvalue weighted by Gasteiger charge is 2.24. The zero-order valence-electron chi connectivity index (χ0n) is 14.8. The zero-order chi connectivity index (χ0) is 19.6. The summed E-state index contributed by atoms with van der Waals surface area (Å²) < 4.78 is 6.30. The summed E-state index contributed by atoms with van der Waals surface area (Å²) in [5, 5.41) is 14.9. The van der Waals surface area contributed by atoms with Gasteiger partial charge in [0.25, 0.3) is 0 Å². The van der Waals surface area contributed by atoms with Crippen LogP contribution in [0.1, 0.15) is 33.3 Å². The Kier molecular flexibility index (Phi) is 5.28. The molecule has 0 amide bonds. The maximum Gasteiger partial charge on any atom is 0.339 e. The molecule has 7 heteroatoms. The van der Waals surface area contributed by atoms with Crippen molar-refractivity contribution in [3.05, 3.63) is 70.4 Å². The number of benzene rings is 2. The van der Waals surface area contributed by atoms with Crippen molar-refractivity contribution < 1.29 is 19.4 Å². The number of hydrogen-bond donors (Lipinski definition) is 1. The molecule has 1 N–H and O–H groups in total. The highest BCUT2D eigenvalue weighted by molar-refractivity contribution is 6.30. The van der Waals surface area contributed by atoms with Crippen LogP contribution in [-0.2, 0) is 11.2 Å². The summed E-state index contributed by atoms with van der Waals surface area (Å²) in [5.41, 5.74) is 2.76. The molecule has 27 heavy (non-hydrogen) atoms. The molecule has 3 aromatic rings. The molecule has 0 saturated heterocycles. The number of carbonyl (C=O) groups excluding carboxylic acids is 1. The van der Waals surface area contributed by atoms with Gasteiger partial charge in [-0.15, -0.1) is 0 Å². The molecular weight excluding hydrogens is 368 g/mol. The van der Waals surface area contributed by atoms with E-state index in [0.29, 0.717) is 34.0 Å². The lowest BCUT2D eigenvalue weighted by atomic mass is 10.0. The second kappa shape index (κ2) is 7.63. The van der Waals surface area contributed by atoms with Crippen LogP contribution in [0.5, 0.6) is 0 Å². The molecule has 0 fully saturated rings. The van der Waals surface area contributed by atoms with Crippen LogP contribution >= 0.6 is 11.6 Å². The molecular formula is C20H17ClN2O4. The van der Waals surface area contributed by atoms with Crippen molar-refractivity contribution in [2.24, 2.45) is 0 Å². The normalized spacial score (nSPS) is 10.6. The second-order valence-corrected chi connectivity index (χ2v) is 6.22. The number of methoxy groups -OCH3 is 1. The number of aromatic carboxylic acids is 1. The molecule has 2 aromatic carbocycles. The molecule has 138 valence electrons. The van der Waals surface area contributed by atoms with E-state index in [4.69, 9.17) is 11.6 Å². The number of carboxylic acid groups (broad SMARTS) is 1. The summed E-state index contributed by atoms with van der Waals surface area (Å²) in [6.45, 7) is 1.88. The van der Waals surface area contributed by atoms with Crippen molar-refractivity contribution >= 4 is 23.5 Å². The number of rotatable bonds is 5. The summed E-state index contributed by atoms with van der Waals surface area (Å²) in [6.07, 6.45) is 0.484. The summed E-state index contributed by atoms with van der Waals surface area (Å²) >= 11 is 5.95. The van der Waals surface area contributed by atoms with Crippen molar-refractivity contribution in [3.63, 3.8) is 0 Å². The van der Waals surface area contributed by atoms with Crippen LogP contribution in [0.25, 0.3) is 16.9 Å². The molecule has 0 aliphatic heterocycles. The lowest BCUT2D eigenvalue weighted by Gasteiger charge is -2.06. The highest BCUT2D eigenvalue weighted by atomic mass is 35.5. The minimum Gasteiger partial charge on any atom is -0.478 e. The van der Waals surface area contributed by atoms with Gasteiger partial charge in [0.2, 0.25) is 0 Å². The molecule has 0 radical (unpaired) electrons. The second-order valence-electron chi connectivity index (χ2n) is 5.79. The van der Waals surface area contributed by atoms with Gasteiger partial charge in [0, 0.05) is 10.6 Å². The van der Waals surface area contributed by atoms with Crippen LogP contribution in [0.4, 0.5) is 0 Å². The smallest absolute Gasteiger partial charge is 0.339 e. The summed E-state index contributed by atoms with van der Waals surface area (Å²) in [7, 11) is 1.31. The summed E-state index contributed by atoms with van der Waals surface area (Å²) in [4.78, 5) is 23.6. The van der Waals surface area contributed by atoms with Gasteiger partial charge in [0.05, 0.1) is 24.1 Å². The van der Waals surface area contributed by atoms with Gasteiger partial charge in [-0.2, -0.15) is 5.10 Å². The average Bonchev–Trinajstić information content (AvgIpc) is 3.08. The maximum absolute atomic E-state index is 11.9. The van der Waals surface area contributed by atoms with Gasteiger partial charge < -0.3 is 9.84 Å². The first-order chi connectivity index (χ1) is 13.0. The number of ether oxygens (including phenoxy) is 1. The number of nitrogens with zero attached hydrogens (tertiary/aromatic N) is 2. The number of carboxylic acids is 1. The van der Waals surface area contributed by atoms with Gasteiger partial charge in [-0.1, -0.05) is 30.7 Å². The fourth-order valence-corrected chi connectivity index (χ4v) is 3.01. The molecule has 0 unspecified atom stereocenters. The van der Waals surface area contributed by atoms with E-state index in [1.54, 1.807) is 53.2 Å². The topological polar surface area (TPSA) is 81.4 Å². The van der Waals surface area contributed by atoms with Gasteiger partial charge in [-0.25, -0.2) is 14.3 Å². The zero-order valence-corrected chi connectivity index (χ0v) is 15.5. The van der Waals surface area contributed by atoms with Crippen LogP contribution in [0.3, 0.4) is 0 Å². The molecule has 1 aromatic heterocycles. The Hall–Kier alpha value is -3.12. The fourth-order valence-electron chi connectivity index (χ4n) is 2.88. The summed E-state index contributed by atoms with van der Waals surface area (Å²) in [6, 6.07) is 13.5. The Bertz CT molecular complexity index is 992. The fraction of sp³-hybridized carbons (Fsp3) is 0.150. The lowest BCUT2D eigenvalue weighted by molar-refractivity contribution is 0.0599. The first kappa shape index (κ1) is 18.7. The molecule has 0 saturated carbocycles. The van der Waals surface area contributed by atoms with Gasteiger partial charge in [-0.05, 0) is 42.8 Å². The van der Waals surface area contributed by atoms with Crippen molar-refractivity contribution in [3.8, 4) is 16.9 Å². The predicted molar refractivity (Wildman–Crippen MR) is 102 cm³/mol. The van der Waals surface area contributed by atoms with Gasteiger partial charge in [-0.3, -0.25) is 0 Å². The van der Waals surface area contributed by atoms with Crippen LogP contribution in [-0.4, -0.2) is 33.9 Å². The Morgan fingerprint density at radius 3 is 2.26 bits per heavy atom. The molecule has 0 aliphatic rings. The van der Waals surface area contributed by atoms with E-state index in [9.17, 15) is 14.7 Å². The van der Waals surface area contributed by atoms with Gasteiger partial charge >= 0.3 is 11.9 Å². The number of esters is 1. The first-order valence-corrected chi connectivity index (χ1v) is 8.64. The van der Waals surface area contributed by atoms with E-state index >= 15 is 0 Å². The van der Waals surface area contributed by atoms with Crippen molar-refractivity contribution in [1.82, 2.24) is 9.78 Å². The van der Waals surface area contributed by atoms with Gasteiger partial charge in [0.1, 0.15) is 11.3 Å². The van der Waals surface area contributed by atoms with Crippen molar-refractivity contribution in [1.29, 1.82) is 0 Å². The van der Waals surface area contributed by atoms with E-state index in [-0.39, 0.29) is 5.56 Å². The summed E-state index contributed by atoms with van der Waals surface area (Å²) in [5.74, 6) is -1.51. The Morgan fingerprint density at radius 1 is 1.11 bits per heavy atom. The number of halogens is 1. The van der Waals surface area contributed by atoms with E-state index < -0.39 is 11.9 Å². The van der Waals surface area contributed by atoms with Crippen LogP contribution in [0, 0.1) is 0 Å². The number of carbonyl (C=O) groups is 2. The molecule has 6 nitrogen and oxygen atoms in total. The molecule has 1 heterocycles. The minimum absolute atomic E-state index is 0.137. The third-order valence-electron chi connectivity index (χ3n) is 4.18. The Balaban J connectivity index is 2.16. The standard InChI is InChI=1S/C20H17ClN2O4/c1-3-16-17(19(24)25)18(12-4-6-13(7-5-12)20(26)27-2)22-23(16)15-10-8-14(21)9-11-15/h4-11H,3H2,1-2H3,(H,24,25). The van der Waals surface area contributed by atoms with E-state index in [2.05, 4.69) is 9.84 Å². The number of hydrogen-bond acceptors (Lipinski definition) is 4. The third-order valence-corrected chi connectivity index (χ3v) is 4.43. The lowest BCUT2D eigenvalue weighted by Crippen LogP contribution is -2.05. The number of aromatic nitrogens is 2. The highest BCUT2D eigenvalue weighted by Crippen LogP contribution is 2.29. The molecule has 3 rings (SSSR count).